The van der Waals surface area contributed by atoms with Crippen LogP contribution in [0, 0.1) is 17.0 Å². The molecule has 0 aromatic heterocycles. The van der Waals surface area contributed by atoms with Crippen LogP contribution in [0.4, 0.5) is 5.69 Å². The first-order valence-corrected chi connectivity index (χ1v) is 6.50. The number of hydrogen-bond donors (Lipinski definition) is 1. The van der Waals surface area contributed by atoms with E-state index in [4.69, 9.17) is 0 Å². The number of para-hydroxylation sites is 1. The Kier molecular flexibility index (Phi) is 4.33. The molecule has 1 unspecified atom stereocenters. The van der Waals surface area contributed by atoms with Crippen LogP contribution in [0.5, 0.6) is 0 Å². The fourth-order valence-electron chi connectivity index (χ4n) is 2.35. The Labute approximate surface area is 122 Å². The molecule has 0 saturated carbocycles. The lowest BCUT2D eigenvalue weighted by molar-refractivity contribution is -0.385. The zero-order chi connectivity index (χ0) is 15.4. The molecular weight excluding hydrogens is 270 g/mol. The molecule has 108 valence electrons. The minimum atomic E-state index is -1.06. The van der Waals surface area contributed by atoms with E-state index < -0.39 is 16.8 Å². The molecule has 5 nitrogen and oxygen atoms in total. The molecule has 0 bridgehead atoms. The van der Waals surface area contributed by atoms with Crippen molar-refractivity contribution in [2.24, 2.45) is 0 Å². The van der Waals surface area contributed by atoms with Crippen molar-refractivity contribution < 1.29 is 14.8 Å². The van der Waals surface area contributed by atoms with Crippen molar-refractivity contribution in [1.29, 1.82) is 0 Å². The van der Waals surface area contributed by atoms with Gasteiger partial charge in [0.25, 0.3) is 5.69 Å². The second kappa shape index (κ2) is 6.17. The summed E-state index contributed by atoms with van der Waals surface area (Å²) < 4.78 is 0. The van der Waals surface area contributed by atoms with E-state index in [-0.39, 0.29) is 17.7 Å². The highest BCUT2D eigenvalue weighted by Gasteiger charge is 2.27. The molecule has 1 atom stereocenters. The van der Waals surface area contributed by atoms with Crippen LogP contribution in [0.15, 0.2) is 48.5 Å². The number of carbonyl (C=O) groups is 1. The second-order valence-corrected chi connectivity index (χ2v) is 4.90. The van der Waals surface area contributed by atoms with Crippen molar-refractivity contribution in [3.8, 4) is 0 Å². The van der Waals surface area contributed by atoms with Crippen molar-refractivity contribution in [3.05, 3.63) is 75.3 Å². The Morgan fingerprint density at radius 3 is 2.57 bits per heavy atom. The van der Waals surface area contributed by atoms with Crippen LogP contribution in [0.1, 0.15) is 22.6 Å². The molecule has 0 fully saturated rings. The number of aryl methyl sites for hydroxylation is 1. The van der Waals surface area contributed by atoms with Crippen molar-refractivity contribution in [1.82, 2.24) is 0 Å². The maximum Gasteiger partial charge on any atom is 0.311 e. The number of nitrogens with zero attached hydrogens (tertiary/aromatic N) is 1. The third-order valence-corrected chi connectivity index (χ3v) is 3.33. The molecule has 21 heavy (non-hydrogen) atoms. The van der Waals surface area contributed by atoms with Gasteiger partial charge in [0.15, 0.2) is 0 Å². The lowest BCUT2D eigenvalue weighted by atomic mass is 9.90. The lowest BCUT2D eigenvalue weighted by Crippen LogP contribution is -2.16. The summed E-state index contributed by atoms with van der Waals surface area (Å²) in [6, 6.07) is 13.5. The van der Waals surface area contributed by atoms with Crippen LogP contribution in [0.3, 0.4) is 0 Å². The summed E-state index contributed by atoms with van der Waals surface area (Å²) in [6.07, 6.45) is 0.224. The van der Waals surface area contributed by atoms with Gasteiger partial charge in [0, 0.05) is 11.6 Å². The Morgan fingerprint density at radius 2 is 1.95 bits per heavy atom. The zero-order valence-corrected chi connectivity index (χ0v) is 11.5. The van der Waals surface area contributed by atoms with Crippen molar-refractivity contribution in [2.75, 3.05) is 0 Å². The predicted molar refractivity (Wildman–Crippen MR) is 78.4 cm³/mol. The first-order valence-electron chi connectivity index (χ1n) is 6.50. The van der Waals surface area contributed by atoms with Crippen LogP contribution >= 0.6 is 0 Å². The van der Waals surface area contributed by atoms with Gasteiger partial charge in [-0.2, -0.15) is 0 Å². The fourth-order valence-corrected chi connectivity index (χ4v) is 2.35. The molecule has 0 saturated heterocycles. The van der Waals surface area contributed by atoms with E-state index in [0.29, 0.717) is 0 Å². The highest BCUT2D eigenvalue weighted by Crippen LogP contribution is 2.29. The standard InChI is InChI=1S/C16H15NO4/c1-11-5-4-6-12(9-11)10-14(16(18)19)13-7-2-3-8-15(13)17(20)21/h2-9,14H,10H2,1H3,(H,18,19). The predicted octanol–water partition coefficient (Wildman–Crippen LogP) is 3.31. The van der Waals surface area contributed by atoms with Gasteiger partial charge in [-0.25, -0.2) is 0 Å². The summed E-state index contributed by atoms with van der Waals surface area (Å²) in [5.41, 5.74) is 1.95. The van der Waals surface area contributed by atoms with Crippen molar-refractivity contribution in [3.63, 3.8) is 0 Å². The van der Waals surface area contributed by atoms with Crippen molar-refractivity contribution in [2.45, 2.75) is 19.3 Å². The van der Waals surface area contributed by atoms with Gasteiger partial charge < -0.3 is 5.11 Å². The Morgan fingerprint density at radius 1 is 1.24 bits per heavy atom. The van der Waals surface area contributed by atoms with E-state index in [0.717, 1.165) is 11.1 Å². The molecule has 0 radical (unpaired) electrons. The summed E-state index contributed by atoms with van der Waals surface area (Å²) >= 11 is 0. The SMILES string of the molecule is Cc1cccc(CC(C(=O)O)c2ccccc2[N+](=O)[O-])c1. The molecule has 2 rings (SSSR count). The average molecular weight is 285 g/mol. The van der Waals surface area contributed by atoms with Gasteiger partial charge in [0.1, 0.15) is 0 Å². The highest BCUT2D eigenvalue weighted by atomic mass is 16.6. The van der Waals surface area contributed by atoms with E-state index in [1.54, 1.807) is 6.07 Å². The average Bonchev–Trinajstić information content (AvgIpc) is 2.44. The molecule has 5 heteroatoms. The number of carboxylic acids is 1. The summed E-state index contributed by atoms with van der Waals surface area (Å²) in [5.74, 6) is -2.00. The molecule has 0 spiro atoms. The Bertz CT molecular complexity index is 681. The number of benzene rings is 2. The smallest absolute Gasteiger partial charge is 0.311 e. The van der Waals surface area contributed by atoms with Gasteiger partial charge in [0.2, 0.25) is 0 Å². The fraction of sp³-hybridized carbons (Fsp3) is 0.188. The number of carboxylic acid groups (broad SMARTS) is 1. The van der Waals surface area contributed by atoms with Gasteiger partial charge in [-0.15, -0.1) is 0 Å². The van der Waals surface area contributed by atoms with Crippen LogP contribution in [-0.4, -0.2) is 16.0 Å². The summed E-state index contributed by atoms with van der Waals surface area (Å²) in [6.45, 7) is 1.92. The third-order valence-electron chi connectivity index (χ3n) is 3.33. The van der Waals surface area contributed by atoms with Gasteiger partial charge in [-0.1, -0.05) is 48.0 Å². The van der Waals surface area contributed by atoms with Crippen molar-refractivity contribution >= 4 is 11.7 Å². The number of hydrogen-bond acceptors (Lipinski definition) is 3. The number of rotatable bonds is 5. The van der Waals surface area contributed by atoms with Gasteiger partial charge in [0.05, 0.1) is 10.8 Å². The maximum absolute atomic E-state index is 11.5. The van der Waals surface area contributed by atoms with E-state index in [9.17, 15) is 20.0 Å². The molecule has 0 aliphatic carbocycles. The monoisotopic (exact) mass is 285 g/mol. The summed E-state index contributed by atoms with van der Waals surface area (Å²) in [4.78, 5) is 22.1. The summed E-state index contributed by atoms with van der Waals surface area (Å²) in [7, 11) is 0. The Hall–Kier alpha value is -2.69. The molecule has 1 N–H and O–H groups in total. The third kappa shape index (κ3) is 3.45. The van der Waals surface area contributed by atoms with Crippen LogP contribution in [0.25, 0.3) is 0 Å². The van der Waals surface area contributed by atoms with Crippen LogP contribution in [0.2, 0.25) is 0 Å². The molecular formula is C16H15NO4. The number of nitro benzene ring substituents is 1. The molecule has 2 aromatic rings. The highest BCUT2D eigenvalue weighted by molar-refractivity contribution is 5.78. The maximum atomic E-state index is 11.5. The minimum absolute atomic E-state index is 0.155. The van der Waals surface area contributed by atoms with E-state index in [2.05, 4.69) is 0 Å². The first-order chi connectivity index (χ1) is 9.99. The van der Waals surface area contributed by atoms with Gasteiger partial charge in [-0.05, 0) is 18.9 Å². The largest absolute Gasteiger partial charge is 0.481 e. The molecule has 2 aromatic carbocycles. The van der Waals surface area contributed by atoms with Crippen LogP contribution < -0.4 is 0 Å². The zero-order valence-electron chi connectivity index (χ0n) is 11.5. The van der Waals surface area contributed by atoms with E-state index >= 15 is 0 Å². The quantitative estimate of drug-likeness (QED) is 0.675. The Balaban J connectivity index is 2.41. The van der Waals surface area contributed by atoms with Gasteiger partial charge >= 0.3 is 5.97 Å². The summed E-state index contributed by atoms with van der Waals surface area (Å²) in [5, 5.41) is 20.5. The van der Waals surface area contributed by atoms with E-state index in [1.165, 1.54) is 18.2 Å². The van der Waals surface area contributed by atoms with Crippen LogP contribution in [-0.2, 0) is 11.2 Å². The minimum Gasteiger partial charge on any atom is -0.481 e. The number of aliphatic carboxylic acids is 1. The number of nitro groups is 1. The molecule has 0 heterocycles. The molecule has 0 amide bonds. The normalized spacial score (nSPS) is 11.9. The lowest BCUT2D eigenvalue weighted by Gasteiger charge is -2.13. The van der Waals surface area contributed by atoms with Gasteiger partial charge in [-0.3, -0.25) is 14.9 Å². The first kappa shape index (κ1) is 14.7. The molecule has 0 aliphatic heterocycles. The van der Waals surface area contributed by atoms with E-state index in [1.807, 2.05) is 31.2 Å². The second-order valence-electron chi connectivity index (χ2n) is 4.90. The topological polar surface area (TPSA) is 80.4 Å². The molecule has 0 aliphatic rings.